The molecule has 0 bridgehead atoms. The lowest BCUT2D eigenvalue weighted by molar-refractivity contribution is 0.0266. The molecule has 0 aromatic carbocycles. The Balaban J connectivity index is 1.37. The summed E-state index contributed by atoms with van der Waals surface area (Å²) in [4.78, 5) is 12.5. The summed E-state index contributed by atoms with van der Waals surface area (Å²) in [5.74, 6) is 0.795. The van der Waals surface area contributed by atoms with E-state index < -0.39 is 0 Å². The van der Waals surface area contributed by atoms with E-state index >= 15 is 0 Å². The third-order valence-corrected chi connectivity index (χ3v) is 6.65. The molecule has 1 aliphatic heterocycles. The van der Waals surface area contributed by atoms with Crippen LogP contribution < -0.4 is 0 Å². The zero-order valence-electron chi connectivity index (χ0n) is 14.3. The Bertz CT molecular complexity index is 674. The summed E-state index contributed by atoms with van der Waals surface area (Å²) in [6.07, 6.45) is 7.70. The van der Waals surface area contributed by atoms with Gasteiger partial charge in [-0.25, -0.2) is 4.98 Å². The zero-order chi connectivity index (χ0) is 16.4. The first-order chi connectivity index (χ1) is 11.8. The van der Waals surface area contributed by atoms with Crippen LogP contribution in [0.1, 0.15) is 35.4 Å². The van der Waals surface area contributed by atoms with E-state index in [0.717, 1.165) is 19.1 Å². The fourth-order valence-corrected chi connectivity index (χ4v) is 5.23. The number of aromatic nitrogens is 2. The fraction of sp³-hybridized carbons (Fsp3) is 0.579. The van der Waals surface area contributed by atoms with Crippen LogP contribution >= 0.6 is 11.3 Å². The minimum Gasteiger partial charge on any atom is -0.376 e. The van der Waals surface area contributed by atoms with Crippen molar-refractivity contribution < 1.29 is 4.74 Å². The molecule has 2 aromatic rings. The van der Waals surface area contributed by atoms with Crippen LogP contribution in [0.3, 0.4) is 0 Å². The standard InChI is InChI=1S/C19H25N3OS/c1-15-18(24-14-21-15)10-22-9-17-3-2-6-19(17,12-22)13-23-11-16-4-7-20-8-5-16/h4-5,7-8,14,17H,2-3,6,9-13H2,1H3/t17-,19+/m1/s1. The highest BCUT2D eigenvalue weighted by molar-refractivity contribution is 7.09. The van der Waals surface area contributed by atoms with Crippen molar-refractivity contribution in [3.05, 3.63) is 46.2 Å². The highest BCUT2D eigenvalue weighted by Gasteiger charge is 2.49. The van der Waals surface area contributed by atoms with Gasteiger partial charge in [0.25, 0.3) is 0 Å². The molecule has 5 heteroatoms. The number of likely N-dealkylation sites (tertiary alicyclic amines) is 1. The first-order valence-corrected chi connectivity index (χ1v) is 9.71. The van der Waals surface area contributed by atoms with Crippen LogP contribution in [0.15, 0.2) is 30.0 Å². The molecule has 24 heavy (non-hydrogen) atoms. The average Bonchev–Trinajstić information content (AvgIpc) is 3.24. The van der Waals surface area contributed by atoms with Crippen molar-refractivity contribution in [2.75, 3.05) is 19.7 Å². The first kappa shape index (κ1) is 16.2. The van der Waals surface area contributed by atoms with Gasteiger partial charge in [-0.2, -0.15) is 0 Å². The molecular weight excluding hydrogens is 318 g/mol. The molecule has 128 valence electrons. The van der Waals surface area contributed by atoms with E-state index in [2.05, 4.69) is 21.8 Å². The lowest BCUT2D eigenvalue weighted by atomic mass is 9.81. The Hall–Kier alpha value is -1.30. The van der Waals surface area contributed by atoms with Gasteiger partial charge in [-0.05, 0) is 43.4 Å². The van der Waals surface area contributed by atoms with Gasteiger partial charge < -0.3 is 4.74 Å². The molecule has 2 aromatic heterocycles. The number of pyridine rings is 1. The number of aryl methyl sites for hydroxylation is 1. The highest BCUT2D eigenvalue weighted by atomic mass is 32.1. The number of ether oxygens (including phenoxy) is 1. The quantitative estimate of drug-likeness (QED) is 0.802. The smallest absolute Gasteiger partial charge is 0.0798 e. The zero-order valence-corrected chi connectivity index (χ0v) is 15.1. The molecule has 1 saturated carbocycles. The second-order valence-electron chi connectivity index (χ2n) is 7.33. The van der Waals surface area contributed by atoms with Crippen molar-refractivity contribution in [2.24, 2.45) is 11.3 Å². The summed E-state index contributed by atoms with van der Waals surface area (Å²) in [7, 11) is 0. The van der Waals surface area contributed by atoms with Crippen molar-refractivity contribution in [3.8, 4) is 0 Å². The second kappa shape index (κ2) is 6.90. The molecule has 3 heterocycles. The minimum atomic E-state index is 0.367. The summed E-state index contributed by atoms with van der Waals surface area (Å²) in [6, 6.07) is 4.08. The summed E-state index contributed by atoms with van der Waals surface area (Å²) in [6.45, 7) is 7.15. The first-order valence-electron chi connectivity index (χ1n) is 8.83. The van der Waals surface area contributed by atoms with Gasteiger partial charge in [0.15, 0.2) is 0 Å². The van der Waals surface area contributed by atoms with Crippen LogP contribution in [-0.4, -0.2) is 34.6 Å². The molecule has 2 fully saturated rings. The molecule has 1 saturated heterocycles. The Morgan fingerprint density at radius 1 is 1.38 bits per heavy atom. The Morgan fingerprint density at radius 3 is 3.04 bits per heavy atom. The van der Waals surface area contributed by atoms with Gasteiger partial charge in [-0.3, -0.25) is 9.88 Å². The van der Waals surface area contributed by atoms with Crippen LogP contribution in [0.2, 0.25) is 0 Å². The summed E-state index contributed by atoms with van der Waals surface area (Å²) in [5, 5.41) is 0. The van der Waals surface area contributed by atoms with E-state index in [1.54, 1.807) is 11.3 Å². The van der Waals surface area contributed by atoms with Crippen molar-refractivity contribution in [1.29, 1.82) is 0 Å². The maximum absolute atomic E-state index is 6.15. The second-order valence-corrected chi connectivity index (χ2v) is 8.27. The van der Waals surface area contributed by atoms with E-state index in [9.17, 15) is 0 Å². The molecule has 2 aliphatic rings. The average molecular weight is 343 g/mol. The van der Waals surface area contributed by atoms with Crippen LogP contribution in [0.5, 0.6) is 0 Å². The summed E-state index contributed by atoms with van der Waals surface area (Å²) >= 11 is 1.79. The van der Waals surface area contributed by atoms with Crippen LogP contribution in [0.4, 0.5) is 0 Å². The predicted molar refractivity (Wildman–Crippen MR) is 95.8 cm³/mol. The Labute approximate surface area is 147 Å². The molecule has 0 N–H and O–H groups in total. The minimum absolute atomic E-state index is 0.367. The number of hydrogen-bond acceptors (Lipinski definition) is 5. The van der Waals surface area contributed by atoms with E-state index in [4.69, 9.17) is 4.74 Å². The van der Waals surface area contributed by atoms with Gasteiger partial charge in [-0.1, -0.05) is 6.42 Å². The van der Waals surface area contributed by atoms with Crippen LogP contribution in [-0.2, 0) is 17.9 Å². The maximum Gasteiger partial charge on any atom is 0.0798 e. The Kier molecular flexibility index (Phi) is 4.66. The van der Waals surface area contributed by atoms with Gasteiger partial charge >= 0.3 is 0 Å². The molecule has 4 rings (SSSR count). The molecule has 4 nitrogen and oxygen atoms in total. The van der Waals surface area contributed by atoms with Gasteiger partial charge in [0.2, 0.25) is 0 Å². The Morgan fingerprint density at radius 2 is 2.25 bits per heavy atom. The molecule has 0 radical (unpaired) electrons. The van der Waals surface area contributed by atoms with Gasteiger partial charge in [0, 0.05) is 42.3 Å². The van der Waals surface area contributed by atoms with Crippen LogP contribution in [0, 0.1) is 18.3 Å². The van der Waals surface area contributed by atoms with Gasteiger partial charge in [-0.15, -0.1) is 11.3 Å². The number of rotatable bonds is 6. The number of nitrogens with zero attached hydrogens (tertiary/aromatic N) is 3. The fourth-order valence-electron chi connectivity index (χ4n) is 4.41. The third kappa shape index (κ3) is 3.25. The number of hydrogen-bond donors (Lipinski definition) is 0. The van der Waals surface area contributed by atoms with Crippen LogP contribution in [0.25, 0.3) is 0 Å². The molecule has 1 aliphatic carbocycles. The van der Waals surface area contributed by atoms with Gasteiger partial charge in [0.05, 0.1) is 24.4 Å². The maximum atomic E-state index is 6.15. The molecule has 2 atom stereocenters. The third-order valence-electron chi connectivity index (χ3n) is 5.73. The monoisotopic (exact) mass is 343 g/mol. The lowest BCUT2D eigenvalue weighted by Crippen LogP contribution is -2.32. The van der Waals surface area contributed by atoms with Crippen molar-refractivity contribution in [1.82, 2.24) is 14.9 Å². The molecule has 0 spiro atoms. The van der Waals surface area contributed by atoms with Gasteiger partial charge in [0.1, 0.15) is 0 Å². The number of thiazole rings is 1. The summed E-state index contributed by atoms with van der Waals surface area (Å²) < 4.78 is 6.15. The predicted octanol–water partition coefficient (Wildman–Crippen LogP) is 3.67. The van der Waals surface area contributed by atoms with E-state index in [1.165, 1.54) is 48.5 Å². The summed E-state index contributed by atoms with van der Waals surface area (Å²) in [5.41, 5.74) is 4.74. The van der Waals surface area contributed by atoms with E-state index in [1.807, 2.05) is 30.0 Å². The van der Waals surface area contributed by atoms with E-state index in [0.29, 0.717) is 12.0 Å². The SMILES string of the molecule is Cc1ncsc1CN1C[C@H]2CCC[C@@]2(COCc2ccncc2)C1. The van der Waals surface area contributed by atoms with Crippen molar-refractivity contribution in [3.63, 3.8) is 0 Å². The normalized spacial score (nSPS) is 26.8. The molecule has 0 amide bonds. The van der Waals surface area contributed by atoms with E-state index in [-0.39, 0.29) is 0 Å². The molecule has 0 unspecified atom stereocenters. The molecular formula is C19H25N3OS. The van der Waals surface area contributed by atoms with Crippen molar-refractivity contribution >= 4 is 11.3 Å². The largest absolute Gasteiger partial charge is 0.376 e. The van der Waals surface area contributed by atoms with Crippen molar-refractivity contribution in [2.45, 2.75) is 39.3 Å². The number of fused-ring (bicyclic) bond motifs is 1. The lowest BCUT2D eigenvalue weighted by Gasteiger charge is -2.29. The topological polar surface area (TPSA) is 38.2 Å². The highest BCUT2D eigenvalue weighted by Crippen LogP contribution is 2.49.